The minimum absolute atomic E-state index is 0.105. The monoisotopic (exact) mass is 333 g/mol. The minimum atomic E-state index is 0.105. The van der Waals surface area contributed by atoms with Crippen LogP contribution in [-0.2, 0) is 0 Å². The van der Waals surface area contributed by atoms with Crippen LogP contribution in [0.15, 0.2) is 48.7 Å². The van der Waals surface area contributed by atoms with Crippen molar-refractivity contribution in [1.29, 1.82) is 0 Å². The molecule has 1 aromatic heterocycles. The van der Waals surface area contributed by atoms with Crippen LogP contribution in [0.3, 0.4) is 0 Å². The number of fused-ring (bicyclic) bond motifs is 3. The van der Waals surface area contributed by atoms with Crippen LogP contribution in [0, 0.1) is 0 Å². The number of benzene rings is 2. The Kier molecular flexibility index (Phi) is 3.70. The van der Waals surface area contributed by atoms with E-state index in [2.05, 4.69) is 10.1 Å². The fourth-order valence-electron chi connectivity index (χ4n) is 2.58. The number of nitrogens with zero attached hydrogens (tertiary/aromatic N) is 3. The van der Waals surface area contributed by atoms with Gasteiger partial charge in [0, 0.05) is 0 Å². The number of aromatic hydroxyl groups is 1. The van der Waals surface area contributed by atoms with E-state index in [4.69, 9.17) is 9.47 Å². The molecule has 4 rings (SSSR count). The molecule has 25 heavy (non-hydrogen) atoms. The van der Waals surface area contributed by atoms with Crippen LogP contribution in [-0.4, -0.2) is 27.0 Å². The summed E-state index contributed by atoms with van der Waals surface area (Å²) in [5, 5.41) is 14.1. The largest absolute Gasteiger partial charge is 0.504 e. The summed E-state index contributed by atoms with van der Waals surface area (Å²) < 4.78 is 12.4. The molecule has 1 aliphatic rings. The lowest BCUT2D eigenvalue weighted by atomic mass is 10.2. The van der Waals surface area contributed by atoms with Gasteiger partial charge < -0.3 is 14.6 Å². The number of hydrogen-bond donors (Lipinski definition) is 1. The summed E-state index contributed by atoms with van der Waals surface area (Å²) in [7, 11) is 1.52. The fraction of sp³-hybridized carbons (Fsp3) is 0.0526. The number of para-hydroxylation sites is 1. The van der Waals surface area contributed by atoms with Crippen LogP contribution in [0.25, 0.3) is 29.7 Å². The van der Waals surface area contributed by atoms with Crippen LogP contribution in [0.1, 0.15) is 11.4 Å². The average Bonchev–Trinajstić information content (AvgIpc) is 2.96. The number of ether oxygens (including phenoxy) is 2. The van der Waals surface area contributed by atoms with E-state index >= 15 is 0 Å². The molecule has 0 bridgehead atoms. The quantitative estimate of drug-likeness (QED) is 0.792. The van der Waals surface area contributed by atoms with Gasteiger partial charge in [-0.15, -0.1) is 5.10 Å². The highest BCUT2D eigenvalue weighted by Gasteiger charge is 2.16. The highest BCUT2D eigenvalue weighted by atomic mass is 16.5. The summed E-state index contributed by atoms with van der Waals surface area (Å²) in [6.07, 6.45) is 6.99. The lowest BCUT2D eigenvalue weighted by molar-refractivity contribution is 0.373. The molecule has 0 saturated heterocycles. The Hall–Kier alpha value is -3.54. The molecule has 1 aliphatic heterocycles. The van der Waals surface area contributed by atoms with Crippen LogP contribution in [0.4, 0.5) is 0 Å². The molecule has 0 radical (unpaired) electrons. The SMILES string of the molecule is COc1cc(/C=C/c2nc3n(n2)C=COc2ccccc2-3)ccc1O. The van der Waals surface area contributed by atoms with Gasteiger partial charge in [-0.05, 0) is 35.9 Å². The van der Waals surface area contributed by atoms with Gasteiger partial charge in [-0.3, -0.25) is 0 Å². The van der Waals surface area contributed by atoms with Crippen molar-refractivity contribution in [3.05, 3.63) is 60.1 Å². The van der Waals surface area contributed by atoms with Gasteiger partial charge in [-0.1, -0.05) is 24.3 Å². The van der Waals surface area contributed by atoms with E-state index in [0.717, 1.165) is 16.9 Å². The third-order valence-electron chi connectivity index (χ3n) is 3.80. The number of hydrogen-bond acceptors (Lipinski definition) is 5. The Bertz CT molecular complexity index is 989. The molecule has 6 heteroatoms. The van der Waals surface area contributed by atoms with Gasteiger partial charge in [-0.2, -0.15) is 0 Å². The van der Waals surface area contributed by atoms with E-state index in [-0.39, 0.29) is 5.75 Å². The van der Waals surface area contributed by atoms with Gasteiger partial charge in [0.2, 0.25) is 0 Å². The molecule has 0 aliphatic carbocycles. The average molecular weight is 333 g/mol. The third-order valence-corrected chi connectivity index (χ3v) is 3.80. The Balaban J connectivity index is 1.68. The van der Waals surface area contributed by atoms with Crippen molar-refractivity contribution in [1.82, 2.24) is 14.8 Å². The topological polar surface area (TPSA) is 69.4 Å². The van der Waals surface area contributed by atoms with E-state index in [1.807, 2.05) is 36.4 Å². The molecule has 124 valence electrons. The van der Waals surface area contributed by atoms with Gasteiger partial charge in [0.25, 0.3) is 0 Å². The summed E-state index contributed by atoms with van der Waals surface area (Å²) >= 11 is 0. The molecule has 2 aromatic carbocycles. The lowest BCUT2D eigenvalue weighted by Gasteiger charge is -2.03. The maximum Gasteiger partial charge on any atom is 0.175 e. The summed E-state index contributed by atoms with van der Waals surface area (Å²) in [6.45, 7) is 0. The first kappa shape index (κ1) is 15.0. The van der Waals surface area contributed by atoms with Crippen LogP contribution >= 0.6 is 0 Å². The van der Waals surface area contributed by atoms with E-state index in [0.29, 0.717) is 17.4 Å². The molecule has 2 heterocycles. The summed E-state index contributed by atoms with van der Waals surface area (Å²) in [4.78, 5) is 4.58. The molecule has 0 fully saturated rings. The maximum absolute atomic E-state index is 9.65. The van der Waals surface area contributed by atoms with Crippen molar-refractivity contribution in [2.24, 2.45) is 0 Å². The minimum Gasteiger partial charge on any atom is -0.504 e. The molecule has 0 saturated carbocycles. The van der Waals surface area contributed by atoms with Gasteiger partial charge in [0.05, 0.1) is 18.9 Å². The van der Waals surface area contributed by atoms with E-state index < -0.39 is 0 Å². The van der Waals surface area contributed by atoms with Gasteiger partial charge in [-0.25, -0.2) is 9.67 Å². The van der Waals surface area contributed by atoms with E-state index in [1.54, 1.807) is 35.3 Å². The Morgan fingerprint density at radius 1 is 1.16 bits per heavy atom. The number of aromatic nitrogens is 3. The van der Waals surface area contributed by atoms with Gasteiger partial charge in [0.15, 0.2) is 23.1 Å². The molecule has 0 atom stereocenters. The first-order valence-corrected chi connectivity index (χ1v) is 7.69. The first-order chi connectivity index (χ1) is 12.2. The second kappa shape index (κ2) is 6.16. The predicted molar refractivity (Wildman–Crippen MR) is 95.0 cm³/mol. The number of phenolic OH excluding ortho intramolecular Hbond substituents is 1. The zero-order valence-corrected chi connectivity index (χ0v) is 13.5. The van der Waals surface area contributed by atoms with Crippen LogP contribution in [0.2, 0.25) is 0 Å². The number of phenols is 1. The van der Waals surface area contributed by atoms with Crippen molar-refractivity contribution in [3.63, 3.8) is 0 Å². The Morgan fingerprint density at radius 2 is 2.04 bits per heavy atom. The first-order valence-electron chi connectivity index (χ1n) is 7.69. The summed E-state index contributed by atoms with van der Waals surface area (Å²) in [6, 6.07) is 12.8. The number of rotatable bonds is 3. The van der Waals surface area contributed by atoms with Crippen molar-refractivity contribution in [3.8, 4) is 28.6 Å². The van der Waals surface area contributed by atoms with E-state index in [9.17, 15) is 5.11 Å². The molecule has 0 unspecified atom stereocenters. The maximum atomic E-state index is 9.65. The molecule has 1 N–H and O–H groups in total. The Labute approximate surface area is 144 Å². The second-order valence-electron chi connectivity index (χ2n) is 5.40. The fourth-order valence-corrected chi connectivity index (χ4v) is 2.58. The normalized spacial score (nSPS) is 12.4. The molecule has 0 amide bonds. The van der Waals surface area contributed by atoms with Gasteiger partial charge in [0.1, 0.15) is 12.0 Å². The van der Waals surface area contributed by atoms with Crippen molar-refractivity contribution < 1.29 is 14.6 Å². The Morgan fingerprint density at radius 3 is 2.92 bits per heavy atom. The van der Waals surface area contributed by atoms with Crippen molar-refractivity contribution >= 4 is 18.4 Å². The highest BCUT2D eigenvalue weighted by molar-refractivity contribution is 5.71. The zero-order valence-electron chi connectivity index (χ0n) is 13.5. The second-order valence-corrected chi connectivity index (χ2v) is 5.40. The van der Waals surface area contributed by atoms with E-state index in [1.165, 1.54) is 7.11 Å². The zero-order chi connectivity index (χ0) is 17.2. The smallest absolute Gasteiger partial charge is 0.175 e. The molecular weight excluding hydrogens is 318 g/mol. The molecule has 0 spiro atoms. The lowest BCUT2D eigenvalue weighted by Crippen LogP contribution is -1.91. The van der Waals surface area contributed by atoms with Crippen molar-refractivity contribution in [2.75, 3.05) is 7.11 Å². The molecule has 3 aromatic rings. The third kappa shape index (κ3) is 2.85. The van der Waals surface area contributed by atoms with Crippen LogP contribution < -0.4 is 9.47 Å². The standard InChI is InChI=1S/C19H15N3O3/c1-24-17-12-13(6-8-15(17)23)7-9-18-20-19-14-4-2-3-5-16(14)25-11-10-22(19)21-18/h2-12,23H,1H3/b9-7+. The van der Waals surface area contributed by atoms with Gasteiger partial charge >= 0.3 is 0 Å². The summed E-state index contributed by atoms with van der Waals surface area (Å²) in [5.74, 6) is 2.55. The summed E-state index contributed by atoms with van der Waals surface area (Å²) in [5.41, 5.74) is 1.75. The molecule has 6 nitrogen and oxygen atoms in total. The number of methoxy groups -OCH3 is 1. The molecular formula is C19H15N3O3. The van der Waals surface area contributed by atoms with Crippen LogP contribution in [0.5, 0.6) is 17.2 Å². The van der Waals surface area contributed by atoms with Crippen molar-refractivity contribution in [2.45, 2.75) is 0 Å². The predicted octanol–water partition coefficient (Wildman–Crippen LogP) is 3.65. The highest BCUT2D eigenvalue weighted by Crippen LogP contribution is 2.31.